The van der Waals surface area contributed by atoms with Crippen molar-refractivity contribution in [3.63, 3.8) is 0 Å². The molecular formula is C105H62BN3. The minimum absolute atomic E-state index is 0.251. The number of hydrogen-bond donors (Lipinski definition) is 0. The number of para-hydroxylation sites is 2. The van der Waals surface area contributed by atoms with Crippen LogP contribution in [0.3, 0.4) is 0 Å². The van der Waals surface area contributed by atoms with Gasteiger partial charge in [0, 0.05) is 50.5 Å². The van der Waals surface area contributed by atoms with Gasteiger partial charge in [-0.05, 0) is 210 Å². The molecule has 3 spiro atoms. The van der Waals surface area contributed by atoms with Crippen LogP contribution in [-0.4, -0.2) is 11.3 Å². The van der Waals surface area contributed by atoms with Crippen molar-refractivity contribution < 1.29 is 0 Å². The van der Waals surface area contributed by atoms with E-state index in [0.717, 1.165) is 45.2 Å². The van der Waals surface area contributed by atoms with E-state index in [9.17, 15) is 0 Å². The molecule has 17 aromatic carbocycles. The van der Waals surface area contributed by atoms with Crippen LogP contribution in [0, 0.1) is 0 Å². The molecule has 0 N–H and O–H groups in total. The Labute approximate surface area is 631 Å². The van der Waals surface area contributed by atoms with Crippen molar-refractivity contribution in [2.75, 3.05) is 9.80 Å². The zero-order valence-corrected chi connectivity index (χ0v) is 59.2. The quantitative estimate of drug-likeness (QED) is 0.163. The molecule has 4 heteroatoms. The molecule has 6 aliphatic carbocycles. The number of aromatic nitrogens is 1. The Kier molecular flexibility index (Phi) is 11.2. The number of anilines is 6. The molecule has 0 unspecified atom stereocenters. The lowest BCUT2D eigenvalue weighted by atomic mass is 9.33. The fourth-order valence-corrected chi connectivity index (χ4v) is 22.8. The first-order chi connectivity index (χ1) is 54.1. The third-order valence-electron chi connectivity index (χ3n) is 26.6. The van der Waals surface area contributed by atoms with Crippen molar-refractivity contribution in [1.82, 2.24) is 4.57 Å². The first-order valence-corrected chi connectivity index (χ1v) is 38.4. The lowest BCUT2D eigenvalue weighted by Crippen LogP contribution is -2.61. The smallest absolute Gasteiger partial charge is 0.252 e. The standard InChI is InChI=1S/C105H62BN3/c1-2-26-63(27-3-1)64-50-57-97-94(58-64)106-93-56-55-91-100(79-38-12-23-47-89(79)104(91)83-41-17-6-30-70(83)71-31-7-18-42-84(71)104)102(93)109(66-51-53-76-74-34-10-21-45-87(74)105(92(76)60-66)85-43-19-8-32-72(85)73-33-9-20-44-86(73)105)99-62-67(108-95-48-24-13-36-77(95)78-37-14-25-49-96(78)108)61-98(101(99)106)107(97)65-52-54-90-80(59-65)75-35-11-22-46-88(75)103(90)81-39-15-4-28-68(81)69-29-5-16-40-82(69)103/h1-62H. The van der Waals surface area contributed by atoms with Crippen molar-refractivity contribution >= 4 is 79.0 Å². The molecule has 18 aromatic rings. The maximum atomic E-state index is 2.79. The van der Waals surface area contributed by atoms with Crippen LogP contribution >= 0.6 is 0 Å². The van der Waals surface area contributed by atoms with Gasteiger partial charge in [-0.3, -0.25) is 0 Å². The molecule has 0 bridgehead atoms. The molecule has 0 saturated carbocycles. The van der Waals surface area contributed by atoms with Crippen LogP contribution in [0.5, 0.6) is 0 Å². The van der Waals surface area contributed by atoms with Crippen molar-refractivity contribution in [3.05, 3.63) is 443 Å². The lowest BCUT2D eigenvalue weighted by molar-refractivity contribution is 0.793. The molecule has 3 heterocycles. The minimum atomic E-state index is -0.619. The number of fused-ring (bicyclic) bond motifs is 38. The van der Waals surface area contributed by atoms with Crippen LogP contribution < -0.4 is 26.2 Å². The van der Waals surface area contributed by atoms with E-state index in [1.54, 1.807) is 0 Å². The Balaban J connectivity index is 0.822. The number of benzene rings is 17. The number of hydrogen-bond acceptors (Lipinski definition) is 2. The molecular weight excluding hydrogens is 1310 g/mol. The predicted octanol–water partition coefficient (Wildman–Crippen LogP) is 23.6. The monoisotopic (exact) mass is 1380 g/mol. The highest BCUT2D eigenvalue weighted by Gasteiger charge is 2.57. The normalized spacial score (nSPS) is 15.0. The average Bonchev–Trinajstić information content (AvgIpc) is 1.55. The molecule has 0 saturated heterocycles. The van der Waals surface area contributed by atoms with Gasteiger partial charge >= 0.3 is 0 Å². The largest absolute Gasteiger partial charge is 0.311 e. The third-order valence-corrected chi connectivity index (χ3v) is 26.6. The number of rotatable bonds is 4. The van der Waals surface area contributed by atoms with Gasteiger partial charge < -0.3 is 14.4 Å². The molecule has 0 fully saturated rings. The highest BCUT2D eigenvalue weighted by molar-refractivity contribution is 7.00. The first kappa shape index (κ1) is 58.5. The van der Waals surface area contributed by atoms with E-state index in [1.165, 1.54) is 177 Å². The van der Waals surface area contributed by atoms with Gasteiger partial charge in [0.25, 0.3) is 6.71 Å². The predicted molar refractivity (Wildman–Crippen MR) is 449 cm³/mol. The van der Waals surface area contributed by atoms with E-state index in [4.69, 9.17) is 0 Å². The van der Waals surface area contributed by atoms with E-state index < -0.39 is 16.2 Å². The summed E-state index contributed by atoms with van der Waals surface area (Å²) in [5, 5.41) is 2.44. The molecule has 0 radical (unpaired) electrons. The molecule has 0 amide bonds. The molecule has 500 valence electrons. The summed E-state index contributed by atoms with van der Waals surface area (Å²) < 4.78 is 2.57. The fourth-order valence-electron chi connectivity index (χ4n) is 22.8. The third kappa shape index (κ3) is 6.96. The van der Waals surface area contributed by atoms with Crippen molar-refractivity contribution in [3.8, 4) is 83.6 Å². The second-order valence-corrected chi connectivity index (χ2v) is 31.1. The molecule has 1 aromatic heterocycles. The molecule has 109 heavy (non-hydrogen) atoms. The highest BCUT2D eigenvalue weighted by Crippen LogP contribution is 2.69. The van der Waals surface area contributed by atoms with Crippen molar-refractivity contribution in [1.29, 1.82) is 0 Å². The highest BCUT2D eigenvalue weighted by atomic mass is 15.2. The maximum absolute atomic E-state index is 2.79. The summed E-state index contributed by atoms with van der Waals surface area (Å²) in [7, 11) is 0. The van der Waals surface area contributed by atoms with Gasteiger partial charge in [0.15, 0.2) is 0 Å². The first-order valence-electron chi connectivity index (χ1n) is 38.4. The van der Waals surface area contributed by atoms with Crippen LogP contribution in [0.4, 0.5) is 34.1 Å². The summed E-state index contributed by atoms with van der Waals surface area (Å²) in [6.07, 6.45) is 0. The van der Waals surface area contributed by atoms with Crippen LogP contribution in [-0.2, 0) is 16.2 Å². The van der Waals surface area contributed by atoms with Crippen molar-refractivity contribution in [2.24, 2.45) is 0 Å². The zero-order valence-electron chi connectivity index (χ0n) is 59.2. The summed E-state index contributed by atoms with van der Waals surface area (Å²) >= 11 is 0. The fraction of sp³-hybridized carbons (Fsp3) is 0.0286. The summed E-state index contributed by atoms with van der Waals surface area (Å²) in [5.74, 6) is 0. The second-order valence-electron chi connectivity index (χ2n) is 31.1. The number of nitrogens with zero attached hydrogens (tertiary/aromatic N) is 3. The maximum Gasteiger partial charge on any atom is 0.252 e. The van der Waals surface area contributed by atoms with E-state index in [1.807, 2.05) is 0 Å². The van der Waals surface area contributed by atoms with Gasteiger partial charge in [-0.2, -0.15) is 0 Å². The van der Waals surface area contributed by atoms with Crippen LogP contribution in [0.2, 0.25) is 0 Å². The lowest BCUT2D eigenvalue weighted by Gasteiger charge is -2.45. The Hall–Kier alpha value is -13.8. The van der Waals surface area contributed by atoms with Crippen LogP contribution in [0.1, 0.15) is 66.8 Å². The Morgan fingerprint density at radius 3 is 1.10 bits per heavy atom. The summed E-state index contributed by atoms with van der Waals surface area (Å²) in [6, 6.07) is 146. The molecule has 3 nitrogen and oxygen atoms in total. The van der Waals surface area contributed by atoms with Gasteiger partial charge in [0.1, 0.15) is 0 Å². The summed E-state index contributed by atoms with van der Waals surface area (Å²) in [6.45, 7) is -0.251. The Morgan fingerprint density at radius 1 is 0.211 bits per heavy atom. The van der Waals surface area contributed by atoms with Crippen LogP contribution in [0.15, 0.2) is 376 Å². The average molecular weight is 1380 g/mol. The van der Waals surface area contributed by atoms with Gasteiger partial charge in [-0.15, -0.1) is 0 Å². The van der Waals surface area contributed by atoms with E-state index >= 15 is 0 Å². The molecule has 0 atom stereocenters. The van der Waals surface area contributed by atoms with E-state index in [-0.39, 0.29) is 6.71 Å². The molecule has 2 aliphatic heterocycles. The summed E-state index contributed by atoms with van der Waals surface area (Å²) in [4.78, 5) is 5.46. The SMILES string of the molecule is c1ccc(-c2ccc3c(c2)B2c4ccc5c(c4N(c4ccc6c(c4)C4(c7ccccc7-c7ccccc74)c4ccccc4-6)c4cc(-n6c7ccccc7c7ccccc76)cc(c42)N3c2ccc3c(c2)-c2ccccc2C32c3ccccc3-c3ccccc32)-c2ccccc2C52c3ccccc3-c3ccccc32)cc1. The topological polar surface area (TPSA) is 11.4 Å². The Bertz CT molecular complexity index is 6960. The second kappa shape index (κ2) is 20.8. The van der Waals surface area contributed by atoms with Crippen LogP contribution in [0.25, 0.3) is 105 Å². The van der Waals surface area contributed by atoms with Gasteiger partial charge in [0.2, 0.25) is 0 Å². The van der Waals surface area contributed by atoms with Crippen molar-refractivity contribution in [2.45, 2.75) is 16.2 Å². The minimum Gasteiger partial charge on any atom is -0.311 e. The summed E-state index contributed by atoms with van der Waals surface area (Å²) in [5.41, 5.74) is 45.9. The van der Waals surface area contributed by atoms with Gasteiger partial charge in [-0.1, -0.05) is 322 Å². The Morgan fingerprint density at radius 2 is 0.587 bits per heavy atom. The van der Waals surface area contributed by atoms with E-state index in [2.05, 4.69) is 390 Å². The molecule has 8 aliphatic rings. The van der Waals surface area contributed by atoms with Gasteiger partial charge in [-0.25, -0.2) is 0 Å². The van der Waals surface area contributed by atoms with E-state index in [0.29, 0.717) is 0 Å². The molecule has 26 rings (SSSR count). The van der Waals surface area contributed by atoms with Gasteiger partial charge in [0.05, 0.1) is 33.0 Å². The zero-order chi connectivity index (χ0) is 70.7.